The monoisotopic (exact) mass is 294 g/mol. The van der Waals surface area contributed by atoms with E-state index in [0.717, 1.165) is 30.4 Å². The highest BCUT2D eigenvalue weighted by atomic mass is 16.2. The molecule has 0 spiro atoms. The molecule has 0 fully saturated rings. The second kappa shape index (κ2) is 7.66. The Morgan fingerprint density at radius 2 is 1.71 bits per heavy atom. The van der Waals surface area contributed by atoms with Gasteiger partial charge in [-0.3, -0.25) is 0 Å². The zero-order valence-electron chi connectivity index (χ0n) is 13.3. The largest absolute Gasteiger partial charge is 0.370 e. The lowest BCUT2D eigenvalue weighted by Crippen LogP contribution is -2.33. The number of anilines is 2. The summed E-state index contributed by atoms with van der Waals surface area (Å²) in [7, 11) is 0. The Bertz CT molecular complexity index is 469. The molecule has 0 aliphatic heterocycles. The van der Waals surface area contributed by atoms with E-state index in [4.69, 9.17) is 5.73 Å². The van der Waals surface area contributed by atoms with Crippen LogP contribution in [0.2, 0.25) is 0 Å². The number of aromatic nitrogens is 2. The zero-order valence-corrected chi connectivity index (χ0v) is 13.3. The molecule has 0 aliphatic rings. The van der Waals surface area contributed by atoms with E-state index in [1.54, 1.807) is 0 Å². The first-order valence-corrected chi connectivity index (χ1v) is 7.23. The molecule has 0 unspecified atom stereocenters. The van der Waals surface area contributed by atoms with Gasteiger partial charge < -0.3 is 21.7 Å². The van der Waals surface area contributed by atoms with E-state index in [1.807, 2.05) is 6.07 Å². The lowest BCUT2D eigenvalue weighted by atomic mass is 9.96. The van der Waals surface area contributed by atoms with Gasteiger partial charge in [-0.15, -0.1) is 0 Å². The summed E-state index contributed by atoms with van der Waals surface area (Å²) in [5.74, 6) is 2.32. The number of hydrogen-bond acceptors (Lipinski definition) is 5. The average Bonchev–Trinajstić information content (AvgIpc) is 2.40. The van der Waals surface area contributed by atoms with Crippen molar-refractivity contribution in [2.45, 2.75) is 39.5 Å². The summed E-state index contributed by atoms with van der Waals surface area (Å²) in [6, 6.07) is 1.34. The summed E-state index contributed by atoms with van der Waals surface area (Å²) in [5, 5.41) is 8.97. The van der Waals surface area contributed by atoms with Crippen LogP contribution in [0.15, 0.2) is 6.07 Å². The fraction of sp³-hybridized carbons (Fsp3) is 0.643. The number of hydrogen-bond donors (Lipinski definition) is 4. The van der Waals surface area contributed by atoms with Crippen LogP contribution in [0.5, 0.6) is 0 Å². The van der Waals surface area contributed by atoms with Gasteiger partial charge in [-0.2, -0.15) is 0 Å². The summed E-state index contributed by atoms with van der Waals surface area (Å²) in [6.07, 6.45) is 1.03. The van der Waals surface area contributed by atoms with Gasteiger partial charge in [-0.05, 0) is 6.42 Å². The molecule has 0 aromatic carbocycles. The Hall–Kier alpha value is -2.05. The van der Waals surface area contributed by atoms with Crippen molar-refractivity contribution in [3.05, 3.63) is 11.9 Å². The van der Waals surface area contributed by atoms with E-state index in [9.17, 15) is 4.79 Å². The van der Waals surface area contributed by atoms with Crippen LogP contribution in [0.1, 0.15) is 39.9 Å². The van der Waals surface area contributed by atoms with Gasteiger partial charge in [0.15, 0.2) is 0 Å². The van der Waals surface area contributed by atoms with Crippen LogP contribution in [-0.4, -0.2) is 35.6 Å². The van der Waals surface area contributed by atoms with Gasteiger partial charge in [0.1, 0.15) is 17.5 Å². The SMILES string of the molecule is CCCNc1cc(NCCNC(N)=O)nc(C(C)(C)C)n1. The Balaban J connectivity index is 2.78. The maximum absolute atomic E-state index is 10.6. The van der Waals surface area contributed by atoms with E-state index in [-0.39, 0.29) is 5.41 Å². The molecule has 1 rings (SSSR count). The molecule has 2 amide bonds. The van der Waals surface area contributed by atoms with Crippen LogP contribution in [0.3, 0.4) is 0 Å². The van der Waals surface area contributed by atoms with E-state index >= 15 is 0 Å². The van der Waals surface area contributed by atoms with Crippen molar-refractivity contribution in [2.75, 3.05) is 30.3 Å². The second-order valence-corrected chi connectivity index (χ2v) is 5.86. The predicted octanol–water partition coefficient (Wildman–Crippen LogP) is 1.68. The summed E-state index contributed by atoms with van der Waals surface area (Å²) >= 11 is 0. The number of carbonyl (C=O) groups excluding carboxylic acids is 1. The number of rotatable bonds is 7. The molecule has 1 heterocycles. The van der Waals surface area contributed by atoms with Crippen LogP contribution >= 0.6 is 0 Å². The first-order chi connectivity index (χ1) is 9.82. The van der Waals surface area contributed by atoms with Gasteiger partial charge in [0.2, 0.25) is 0 Å². The number of nitrogens with two attached hydrogens (primary N) is 1. The average molecular weight is 294 g/mol. The minimum Gasteiger partial charge on any atom is -0.370 e. The smallest absolute Gasteiger partial charge is 0.312 e. The standard InChI is InChI=1S/C14H26N6O/c1-5-6-16-10-9-11(17-7-8-18-13(15)21)20-12(19-10)14(2,3)4/h9H,5-8H2,1-4H3,(H3,15,18,21)(H2,16,17,19,20). The third-order valence-corrected chi connectivity index (χ3v) is 2.68. The van der Waals surface area contributed by atoms with Gasteiger partial charge in [0.25, 0.3) is 0 Å². The highest BCUT2D eigenvalue weighted by molar-refractivity contribution is 5.71. The first-order valence-electron chi connectivity index (χ1n) is 7.23. The number of nitrogens with zero attached hydrogens (tertiary/aromatic N) is 2. The number of primary amides is 1. The molecule has 0 saturated carbocycles. The molecule has 0 saturated heterocycles. The van der Waals surface area contributed by atoms with Crippen molar-refractivity contribution < 1.29 is 4.79 Å². The van der Waals surface area contributed by atoms with E-state index < -0.39 is 6.03 Å². The maximum Gasteiger partial charge on any atom is 0.312 e. The molecular formula is C14H26N6O. The topological polar surface area (TPSA) is 105 Å². The molecular weight excluding hydrogens is 268 g/mol. The lowest BCUT2D eigenvalue weighted by molar-refractivity contribution is 0.249. The van der Waals surface area contributed by atoms with Crippen molar-refractivity contribution >= 4 is 17.7 Å². The minimum atomic E-state index is -0.528. The van der Waals surface area contributed by atoms with Gasteiger partial charge >= 0.3 is 6.03 Å². The Labute approximate surface area is 126 Å². The third kappa shape index (κ3) is 6.29. The first kappa shape index (κ1) is 17.0. The maximum atomic E-state index is 10.6. The molecule has 0 atom stereocenters. The molecule has 5 N–H and O–H groups in total. The number of amides is 2. The van der Waals surface area contributed by atoms with E-state index in [2.05, 4.69) is 53.6 Å². The number of nitrogens with one attached hydrogen (secondary N) is 3. The summed E-state index contributed by atoms with van der Waals surface area (Å²) in [4.78, 5) is 19.7. The van der Waals surface area contributed by atoms with Crippen LogP contribution in [0, 0.1) is 0 Å². The molecule has 0 bridgehead atoms. The molecule has 1 aromatic rings. The Kier molecular flexibility index (Phi) is 6.20. The van der Waals surface area contributed by atoms with Crippen LogP contribution in [-0.2, 0) is 5.41 Å². The van der Waals surface area contributed by atoms with E-state index in [0.29, 0.717) is 13.1 Å². The highest BCUT2D eigenvalue weighted by Crippen LogP contribution is 2.22. The van der Waals surface area contributed by atoms with Gasteiger partial charge in [-0.1, -0.05) is 27.7 Å². The zero-order chi connectivity index (χ0) is 15.9. The third-order valence-electron chi connectivity index (χ3n) is 2.68. The molecule has 7 nitrogen and oxygen atoms in total. The van der Waals surface area contributed by atoms with Crippen LogP contribution in [0.4, 0.5) is 16.4 Å². The Morgan fingerprint density at radius 3 is 2.19 bits per heavy atom. The second-order valence-electron chi connectivity index (χ2n) is 5.86. The molecule has 118 valence electrons. The van der Waals surface area contributed by atoms with E-state index in [1.165, 1.54) is 0 Å². The predicted molar refractivity (Wildman–Crippen MR) is 85.6 cm³/mol. The fourth-order valence-electron chi connectivity index (χ4n) is 1.59. The summed E-state index contributed by atoms with van der Waals surface area (Å²) in [6.45, 7) is 10.2. The molecule has 1 aromatic heterocycles. The van der Waals surface area contributed by atoms with Crippen molar-refractivity contribution in [3.63, 3.8) is 0 Å². The normalized spacial score (nSPS) is 11.0. The van der Waals surface area contributed by atoms with Gasteiger partial charge in [-0.25, -0.2) is 14.8 Å². The van der Waals surface area contributed by atoms with Crippen LogP contribution < -0.4 is 21.7 Å². The molecule has 0 radical (unpaired) electrons. The summed E-state index contributed by atoms with van der Waals surface area (Å²) < 4.78 is 0. The van der Waals surface area contributed by atoms with Crippen molar-refractivity contribution in [1.29, 1.82) is 0 Å². The number of urea groups is 1. The number of carbonyl (C=O) groups is 1. The highest BCUT2D eigenvalue weighted by Gasteiger charge is 2.19. The van der Waals surface area contributed by atoms with Crippen LogP contribution in [0.25, 0.3) is 0 Å². The fourth-order valence-corrected chi connectivity index (χ4v) is 1.59. The minimum absolute atomic E-state index is 0.133. The van der Waals surface area contributed by atoms with Crippen molar-refractivity contribution in [3.8, 4) is 0 Å². The molecule has 0 aliphatic carbocycles. The van der Waals surface area contributed by atoms with Crippen molar-refractivity contribution in [2.24, 2.45) is 5.73 Å². The Morgan fingerprint density at radius 1 is 1.14 bits per heavy atom. The summed E-state index contributed by atoms with van der Waals surface area (Å²) in [5.41, 5.74) is 4.89. The lowest BCUT2D eigenvalue weighted by Gasteiger charge is -2.19. The molecule has 21 heavy (non-hydrogen) atoms. The van der Waals surface area contributed by atoms with Gasteiger partial charge in [0, 0.05) is 31.1 Å². The van der Waals surface area contributed by atoms with Crippen molar-refractivity contribution in [1.82, 2.24) is 15.3 Å². The quantitative estimate of drug-likeness (QED) is 0.573. The van der Waals surface area contributed by atoms with Gasteiger partial charge in [0.05, 0.1) is 0 Å². The molecule has 7 heteroatoms.